The first kappa shape index (κ1) is 22.0. The van der Waals surface area contributed by atoms with Gasteiger partial charge in [0.05, 0.1) is 0 Å². The van der Waals surface area contributed by atoms with Gasteiger partial charge in [0.15, 0.2) is 6.61 Å². The first-order chi connectivity index (χ1) is 13.2. The van der Waals surface area contributed by atoms with Crippen LogP contribution >= 0.6 is 0 Å². The number of rotatable bonds is 7. The van der Waals surface area contributed by atoms with Crippen LogP contribution in [0.5, 0.6) is 0 Å². The number of alkyl carbamates (subject to hydrolysis) is 1. The standard InChI is InChI=1S/C19H26F3N3O3/c1-14-3-2-8-25(11-14)12-16-6-4-15(5-7-16)9-23-17(26)10-24-18(27)28-13-19(20,21)22/h4-7,14H,2-3,8-13H2,1H3,(H,23,26)(H,24,27). The van der Waals surface area contributed by atoms with Crippen molar-refractivity contribution >= 4 is 12.0 Å². The third-order valence-electron chi connectivity index (χ3n) is 4.42. The Morgan fingerprint density at radius 2 is 1.86 bits per heavy atom. The van der Waals surface area contributed by atoms with E-state index in [2.05, 4.69) is 21.9 Å². The van der Waals surface area contributed by atoms with Crippen molar-refractivity contribution in [2.75, 3.05) is 26.2 Å². The maximum absolute atomic E-state index is 11.9. The van der Waals surface area contributed by atoms with E-state index in [1.807, 2.05) is 29.6 Å². The molecule has 1 heterocycles. The van der Waals surface area contributed by atoms with Crippen LogP contribution in [0.25, 0.3) is 0 Å². The molecule has 0 saturated carbocycles. The fraction of sp³-hybridized carbons (Fsp3) is 0.579. The van der Waals surface area contributed by atoms with Gasteiger partial charge < -0.3 is 15.4 Å². The summed E-state index contributed by atoms with van der Waals surface area (Å²) >= 11 is 0. The SMILES string of the molecule is CC1CCCN(Cc2ccc(CNC(=O)CNC(=O)OCC(F)(F)F)cc2)C1. The predicted molar refractivity (Wildman–Crippen MR) is 97.4 cm³/mol. The molecule has 156 valence electrons. The molecule has 0 aliphatic carbocycles. The summed E-state index contributed by atoms with van der Waals surface area (Å²) in [6.45, 7) is 3.50. The number of ether oxygens (including phenoxy) is 1. The highest BCUT2D eigenvalue weighted by molar-refractivity contribution is 5.82. The Bertz CT molecular complexity index is 650. The average molecular weight is 401 g/mol. The number of amides is 2. The van der Waals surface area contributed by atoms with E-state index in [9.17, 15) is 22.8 Å². The smallest absolute Gasteiger partial charge is 0.422 e. The molecule has 1 unspecified atom stereocenters. The molecule has 1 aliphatic heterocycles. The lowest BCUT2D eigenvalue weighted by atomic mass is 9.99. The Morgan fingerprint density at radius 1 is 1.18 bits per heavy atom. The Labute approximate surface area is 162 Å². The van der Waals surface area contributed by atoms with Gasteiger partial charge in [0.1, 0.15) is 6.54 Å². The van der Waals surface area contributed by atoms with Crippen molar-refractivity contribution in [2.45, 2.75) is 39.0 Å². The van der Waals surface area contributed by atoms with Crippen LogP contribution in [0.4, 0.5) is 18.0 Å². The van der Waals surface area contributed by atoms with E-state index < -0.39 is 31.3 Å². The van der Waals surface area contributed by atoms with Crippen LogP contribution in [-0.2, 0) is 22.6 Å². The van der Waals surface area contributed by atoms with E-state index >= 15 is 0 Å². The Hall–Kier alpha value is -2.29. The summed E-state index contributed by atoms with van der Waals surface area (Å²) in [6.07, 6.45) is -3.38. The lowest BCUT2D eigenvalue weighted by molar-refractivity contribution is -0.160. The summed E-state index contributed by atoms with van der Waals surface area (Å²) in [5, 5.41) is 4.56. The zero-order chi connectivity index (χ0) is 20.6. The van der Waals surface area contributed by atoms with Crippen molar-refractivity contribution in [3.05, 3.63) is 35.4 Å². The van der Waals surface area contributed by atoms with Crippen molar-refractivity contribution in [1.29, 1.82) is 0 Å². The zero-order valence-corrected chi connectivity index (χ0v) is 15.8. The number of halogens is 3. The topological polar surface area (TPSA) is 70.7 Å². The maximum atomic E-state index is 11.9. The highest BCUT2D eigenvalue weighted by atomic mass is 19.4. The van der Waals surface area contributed by atoms with Crippen LogP contribution in [0, 0.1) is 5.92 Å². The molecule has 1 saturated heterocycles. The van der Waals surface area contributed by atoms with Crippen molar-refractivity contribution < 1.29 is 27.5 Å². The largest absolute Gasteiger partial charge is 0.440 e. The van der Waals surface area contributed by atoms with E-state index in [0.29, 0.717) is 0 Å². The number of likely N-dealkylation sites (tertiary alicyclic amines) is 1. The predicted octanol–water partition coefficient (Wildman–Crippen LogP) is 2.82. The molecule has 0 bridgehead atoms. The number of carbonyl (C=O) groups excluding carboxylic acids is 2. The number of benzene rings is 1. The summed E-state index contributed by atoms with van der Waals surface area (Å²) in [5.41, 5.74) is 2.10. The molecule has 1 atom stereocenters. The molecule has 1 aliphatic rings. The lowest BCUT2D eigenvalue weighted by Crippen LogP contribution is -2.38. The normalized spacial score (nSPS) is 17.8. The lowest BCUT2D eigenvalue weighted by Gasteiger charge is -2.30. The molecule has 2 amide bonds. The van der Waals surface area contributed by atoms with Gasteiger partial charge in [-0.2, -0.15) is 13.2 Å². The first-order valence-electron chi connectivity index (χ1n) is 9.25. The van der Waals surface area contributed by atoms with Gasteiger partial charge in [-0.15, -0.1) is 0 Å². The van der Waals surface area contributed by atoms with Gasteiger partial charge in [-0.05, 0) is 36.4 Å². The first-order valence-corrected chi connectivity index (χ1v) is 9.25. The molecule has 0 radical (unpaired) electrons. The highest BCUT2D eigenvalue weighted by Crippen LogP contribution is 2.18. The average Bonchev–Trinajstić information content (AvgIpc) is 2.63. The summed E-state index contributed by atoms with van der Waals surface area (Å²) in [7, 11) is 0. The highest BCUT2D eigenvalue weighted by Gasteiger charge is 2.29. The van der Waals surface area contributed by atoms with Crippen LogP contribution in [0.3, 0.4) is 0 Å². The number of nitrogens with one attached hydrogen (secondary N) is 2. The van der Waals surface area contributed by atoms with Crippen molar-refractivity contribution in [3.8, 4) is 0 Å². The van der Waals surface area contributed by atoms with E-state index in [-0.39, 0.29) is 6.54 Å². The summed E-state index contributed by atoms with van der Waals surface area (Å²) < 4.78 is 39.7. The molecule has 2 N–H and O–H groups in total. The summed E-state index contributed by atoms with van der Waals surface area (Å²) in [5.74, 6) is 0.206. The quantitative estimate of drug-likeness (QED) is 0.737. The number of alkyl halides is 3. The Kier molecular flexibility index (Phi) is 8.10. The van der Waals surface area contributed by atoms with E-state index in [1.54, 1.807) is 0 Å². The Morgan fingerprint density at radius 3 is 2.50 bits per heavy atom. The summed E-state index contributed by atoms with van der Waals surface area (Å²) in [4.78, 5) is 25.2. The molecule has 0 spiro atoms. The molecule has 1 aromatic carbocycles. The van der Waals surface area contributed by atoms with Crippen molar-refractivity contribution in [2.24, 2.45) is 5.92 Å². The van der Waals surface area contributed by atoms with Crippen molar-refractivity contribution in [1.82, 2.24) is 15.5 Å². The molecule has 1 fully saturated rings. The third kappa shape index (κ3) is 8.60. The second-order valence-electron chi connectivity index (χ2n) is 7.12. The summed E-state index contributed by atoms with van der Waals surface area (Å²) in [6, 6.07) is 7.89. The van der Waals surface area contributed by atoms with Crippen molar-refractivity contribution in [3.63, 3.8) is 0 Å². The van der Waals surface area contributed by atoms with E-state index in [4.69, 9.17) is 0 Å². The van der Waals surface area contributed by atoms with Gasteiger partial charge in [-0.3, -0.25) is 9.69 Å². The minimum atomic E-state index is -4.60. The van der Waals surface area contributed by atoms with Crippen LogP contribution in [0.1, 0.15) is 30.9 Å². The van der Waals surface area contributed by atoms with Gasteiger partial charge in [0.2, 0.25) is 5.91 Å². The van der Waals surface area contributed by atoms with E-state index in [0.717, 1.165) is 31.1 Å². The number of piperidine rings is 1. The number of hydrogen-bond acceptors (Lipinski definition) is 4. The van der Waals surface area contributed by atoms with Gasteiger partial charge >= 0.3 is 12.3 Å². The van der Waals surface area contributed by atoms with E-state index in [1.165, 1.54) is 18.4 Å². The fourth-order valence-corrected chi connectivity index (χ4v) is 3.07. The van der Waals surface area contributed by atoms with Gasteiger partial charge in [-0.1, -0.05) is 31.2 Å². The van der Waals surface area contributed by atoms with Crippen LogP contribution in [0.2, 0.25) is 0 Å². The molecule has 9 heteroatoms. The Balaban J connectivity index is 1.66. The third-order valence-corrected chi connectivity index (χ3v) is 4.42. The molecule has 6 nitrogen and oxygen atoms in total. The monoisotopic (exact) mass is 401 g/mol. The second-order valence-corrected chi connectivity index (χ2v) is 7.12. The van der Waals surface area contributed by atoms with Gasteiger partial charge in [0, 0.05) is 19.6 Å². The number of carbonyl (C=O) groups is 2. The maximum Gasteiger partial charge on any atom is 0.422 e. The molecule has 2 rings (SSSR count). The molecule has 1 aromatic rings. The number of hydrogen-bond donors (Lipinski definition) is 2. The molecule has 0 aromatic heterocycles. The molecular formula is C19H26F3N3O3. The molecule has 28 heavy (non-hydrogen) atoms. The number of nitrogens with zero attached hydrogens (tertiary/aromatic N) is 1. The van der Waals surface area contributed by atoms with Crippen LogP contribution < -0.4 is 10.6 Å². The fourth-order valence-electron chi connectivity index (χ4n) is 3.07. The van der Waals surface area contributed by atoms with Gasteiger partial charge in [-0.25, -0.2) is 4.79 Å². The van der Waals surface area contributed by atoms with Crippen LogP contribution in [-0.4, -0.2) is 49.3 Å². The second kappa shape index (κ2) is 10.3. The van der Waals surface area contributed by atoms with Crippen LogP contribution in [0.15, 0.2) is 24.3 Å². The zero-order valence-electron chi connectivity index (χ0n) is 15.8. The van der Waals surface area contributed by atoms with Gasteiger partial charge in [0.25, 0.3) is 0 Å². The molecular weight excluding hydrogens is 375 g/mol. The minimum Gasteiger partial charge on any atom is -0.440 e. The minimum absolute atomic E-state index is 0.263.